The molecule has 1 N–H and O–H groups in total. The van der Waals surface area contributed by atoms with Gasteiger partial charge in [-0.25, -0.2) is 14.8 Å². The van der Waals surface area contributed by atoms with Gasteiger partial charge in [0.15, 0.2) is 5.69 Å². The van der Waals surface area contributed by atoms with E-state index in [0.29, 0.717) is 18.3 Å². The highest BCUT2D eigenvalue weighted by atomic mass is 16.5. The quantitative estimate of drug-likeness (QED) is 0.518. The number of fused-ring (bicyclic) bond motifs is 1. The highest BCUT2D eigenvalue weighted by molar-refractivity contribution is 5.88. The molecule has 0 aliphatic heterocycles. The fourth-order valence-electron chi connectivity index (χ4n) is 2.86. The van der Waals surface area contributed by atoms with E-state index in [-0.39, 0.29) is 5.69 Å². The van der Waals surface area contributed by atoms with Crippen LogP contribution in [0.15, 0.2) is 61.2 Å². The fourth-order valence-corrected chi connectivity index (χ4v) is 2.86. The molecular weight excluding hydrogens is 356 g/mol. The zero-order valence-corrected chi connectivity index (χ0v) is 15.2. The molecule has 0 aliphatic carbocycles. The summed E-state index contributed by atoms with van der Waals surface area (Å²) >= 11 is 0. The lowest BCUT2D eigenvalue weighted by Crippen LogP contribution is -2.14. The number of carbonyl (C=O) groups excluding carboxylic acids is 1. The molecule has 3 aromatic heterocycles. The Morgan fingerprint density at radius 2 is 1.96 bits per heavy atom. The van der Waals surface area contributed by atoms with Gasteiger partial charge in [0, 0.05) is 25.0 Å². The van der Waals surface area contributed by atoms with E-state index in [1.807, 2.05) is 41.0 Å². The third kappa shape index (κ3) is 3.66. The number of hydrogen-bond donors (Lipinski definition) is 1. The summed E-state index contributed by atoms with van der Waals surface area (Å²) in [5.41, 5.74) is 3.05. The number of methoxy groups -OCH3 is 1. The van der Waals surface area contributed by atoms with Gasteiger partial charge in [-0.15, -0.1) is 0 Å². The molecule has 0 spiro atoms. The number of pyridine rings is 1. The van der Waals surface area contributed by atoms with Crippen LogP contribution in [0, 0.1) is 0 Å². The molecule has 140 valence electrons. The van der Waals surface area contributed by atoms with Gasteiger partial charge in [-0.1, -0.05) is 12.1 Å². The predicted octanol–water partition coefficient (Wildman–Crippen LogP) is 2.65. The van der Waals surface area contributed by atoms with Crippen molar-refractivity contribution in [2.45, 2.75) is 6.42 Å². The molecule has 8 nitrogen and oxygen atoms in total. The van der Waals surface area contributed by atoms with Crippen LogP contribution < -0.4 is 5.32 Å². The predicted molar refractivity (Wildman–Crippen MR) is 104 cm³/mol. The van der Waals surface area contributed by atoms with Crippen LogP contribution in [0.1, 0.15) is 16.1 Å². The van der Waals surface area contributed by atoms with Gasteiger partial charge >= 0.3 is 5.97 Å². The number of aromatic nitrogens is 5. The van der Waals surface area contributed by atoms with E-state index < -0.39 is 5.97 Å². The summed E-state index contributed by atoms with van der Waals surface area (Å²) in [7, 11) is 1.33. The highest BCUT2D eigenvalue weighted by Crippen LogP contribution is 2.18. The largest absolute Gasteiger partial charge is 0.464 e. The number of imidazole rings is 1. The van der Waals surface area contributed by atoms with Gasteiger partial charge in [0.05, 0.1) is 18.1 Å². The van der Waals surface area contributed by atoms with Crippen LogP contribution in [0.2, 0.25) is 0 Å². The Bertz CT molecular complexity index is 1110. The second kappa shape index (κ2) is 7.83. The molecule has 8 heteroatoms. The Hall–Kier alpha value is -3.81. The maximum Gasteiger partial charge on any atom is 0.356 e. The number of carbonyl (C=O) groups is 1. The number of esters is 1. The van der Waals surface area contributed by atoms with E-state index in [4.69, 9.17) is 4.74 Å². The van der Waals surface area contributed by atoms with Crippen LogP contribution in [0.25, 0.3) is 16.9 Å². The molecule has 28 heavy (non-hydrogen) atoms. The summed E-state index contributed by atoms with van der Waals surface area (Å²) in [6, 6.07) is 13.2. The Kier molecular flexibility index (Phi) is 4.92. The normalized spacial score (nSPS) is 10.8. The molecule has 0 saturated heterocycles. The number of nitrogens with one attached hydrogen (secondary N) is 1. The van der Waals surface area contributed by atoms with E-state index >= 15 is 0 Å². The molecule has 0 amide bonds. The molecule has 0 bridgehead atoms. The first-order chi connectivity index (χ1) is 13.7. The zero-order chi connectivity index (χ0) is 19.3. The highest BCUT2D eigenvalue weighted by Gasteiger charge is 2.14. The smallest absolute Gasteiger partial charge is 0.356 e. The Labute approximate surface area is 161 Å². The summed E-state index contributed by atoms with van der Waals surface area (Å²) in [5.74, 6) is 0.366. The van der Waals surface area contributed by atoms with E-state index in [0.717, 1.165) is 23.0 Å². The molecule has 1 aromatic carbocycles. The minimum atomic E-state index is -0.523. The summed E-state index contributed by atoms with van der Waals surface area (Å²) in [6.45, 7) is 0.610. The molecule has 0 atom stereocenters. The van der Waals surface area contributed by atoms with E-state index in [2.05, 4.69) is 25.3 Å². The van der Waals surface area contributed by atoms with Crippen LogP contribution in [0.3, 0.4) is 0 Å². The van der Waals surface area contributed by atoms with Gasteiger partial charge in [0.2, 0.25) is 5.95 Å². The molecule has 0 aliphatic rings. The Morgan fingerprint density at radius 3 is 2.79 bits per heavy atom. The number of hydrogen-bond acceptors (Lipinski definition) is 7. The third-order valence-corrected chi connectivity index (χ3v) is 4.25. The number of anilines is 1. The topological polar surface area (TPSA) is 94.8 Å². The van der Waals surface area contributed by atoms with Gasteiger partial charge in [-0.2, -0.15) is 4.98 Å². The monoisotopic (exact) mass is 374 g/mol. The average molecular weight is 374 g/mol. The first-order valence-electron chi connectivity index (χ1n) is 8.77. The van der Waals surface area contributed by atoms with E-state index in [9.17, 15) is 4.79 Å². The average Bonchev–Trinajstić information content (AvgIpc) is 3.18. The van der Waals surface area contributed by atoms with Crippen molar-refractivity contribution in [2.75, 3.05) is 19.0 Å². The second-order valence-electron chi connectivity index (χ2n) is 6.06. The first-order valence-corrected chi connectivity index (χ1v) is 8.77. The van der Waals surface area contributed by atoms with Crippen molar-refractivity contribution in [1.82, 2.24) is 24.5 Å². The SMILES string of the molecule is COC(=O)c1cc(-n2cnc3ccccc32)nc(NCCc2ccncc2)n1. The molecule has 0 saturated carbocycles. The van der Waals surface area contributed by atoms with Crippen LogP contribution >= 0.6 is 0 Å². The lowest BCUT2D eigenvalue weighted by Gasteiger charge is -2.10. The lowest BCUT2D eigenvalue weighted by molar-refractivity contribution is 0.0594. The van der Waals surface area contributed by atoms with Crippen molar-refractivity contribution in [3.8, 4) is 5.82 Å². The summed E-state index contributed by atoms with van der Waals surface area (Å²) < 4.78 is 6.65. The molecule has 0 fully saturated rings. The standard InChI is InChI=1S/C20H18N6O2/c1-28-19(27)16-12-18(26-13-23-15-4-2-3-5-17(15)26)25-20(24-16)22-11-8-14-6-9-21-10-7-14/h2-7,9-10,12-13H,8,11H2,1H3,(H,22,24,25). The minimum absolute atomic E-state index is 0.177. The Morgan fingerprint density at radius 1 is 1.14 bits per heavy atom. The fraction of sp³-hybridized carbons (Fsp3) is 0.150. The summed E-state index contributed by atoms with van der Waals surface area (Å²) in [4.78, 5) is 29.3. The first kappa shape index (κ1) is 17.6. The number of benzene rings is 1. The summed E-state index contributed by atoms with van der Waals surface area (Å²) in [5, 5.41) is 3.18. The van der Waals surface area contributed by atoms with Gasteiger partial charge in [0.1, 0.15) is 12.1 Å². The van der Waals surface area contributed by atoms with Gasteiger partial charge < -0.3 is 10.1 Å². The van der Waals surface area contributed by atoms with Crippen molar-refractivity contribution in [3.05, 3.63) is 72.4 Å². The van der Waals surface area contributed by atoms with Crippen LogP contribution in [-0.4, -0.2) is 44.1 Å². The Balaban J connectivity index is 1.64. The molecule has 4 aromatic rings. The van der Waals surface area contributed by atoms with E-state index in [1.165, 1.54) is 7.11 Å². The zero-order valence-electron chi connectivity index (χ0n) is 15.2. The second-order valence-corrected chi connectivity index (χ2v) is 6.06. The summed E-state index contributed by atoms with van der Waals surface area (Å²) in [6.07, 6.45) is 5.96. The number of rotatable bonds is 6. The van der Waals surface area contributed by atoms with Crippen LogP contribution in [0.4, 0.5) is 5.95 Å². The number of nitrogens with zero attached hydrogens (tertiary/aromatic N) is 5. The van der Waals surface area contributed by atoms with Gasteiger partial charge in [0.25, 0.3) is 0 Å². The minimum Gasteiger partial charge on any atom is -0.464 e. The number of para-hydroxylation sites is 2. The van der Waals surface area contributed by atoms with Crippen molar-refractivity contribution in [1.29, 1.82) is 0 Å². The molecule has 4 rings (SSSR count). The maximum atomic E-state index is 12.1. The van der Waals surface area contributed by atoms with Gasteiger partial charge in [-0.3, -0.25) is 9.55 Å². The molecular formula is C20H18N6O2. The van der Waals surface area contributed by atoms with Crippen molar-refractivity contribution >= 4 is 23.0 Å². The van der Waals surface area contributed by atoms with Gasteiger partial charge in [-0.05, 0) is 36.2 Å². The third-order valence-electron chi connectivity index (χ3n) is 4.25. The van der Waals surface area contributed by atoms with Crippen molar-refractivity contribution < 1.29 is 9.53 Å². The van der Waals surface area contributed by atoms with Crippen molar-refractivity contribution in [2.24, 2.45) is 0 Å². The number of ether oxygens (including phenoxy) is 1. The van der Waals surface area contributed by atoms with Crippen molar-refractivity contribution in [3.63, 3.8) is 0 Å². The van der Waals surface area contributed by atoms with Crippen LogP contribution in [0.5, 0.6) is 0 Å². The molecule has 0 unspecified atom stereocenters. The van der Waals surface area contributed by atoms with E-state index in [1.54, 1.807) is 24.8 Å². The molecule has 3 heterocycles. The van der Waals surface area contributed by atoms with Crippen LogP contribution in [-0.2, 0) is 11.2 Å². The molecule has 0 radical (unpaired) electrons. The lowest BCUT2D eigenvalue weighted by atomic mass is 10.2. The maximum absolute atomic E-state index is 12.1.